The van der Waals surface area contributed by atoms with E-state index in [0.717, 1.165) is 16.1 Å². The molecular weight excluding hydrogens is 382 g/mol. The minimum Gasteiger partial charge on any atom is -0.268 e. The van der Waals surface area contributed by atoms with E-state index < -0.39 is 11.8 Å². The van der Waals surface area contributed by atoms with E-state index in [4.69, 9.17) is 11.6 Å². The Morgan fingerprint density at radius 2 is 1.74 bits per heavy atom. The number of aromatic nitrogens is 1. The lowest BCUT2D eigenvalue weighted by Crippen LogP contribution is -2.40. The zero-order chi connectivity index (χ0) is 19.2. The molecule has 0 aliphatic heterocycles. The molecule has 2 N–H and O–H groups in total. The Morgan fingerprint density at radius 1 is 1.04 bits per heavy atom. The smallest absolute Gasteiger partial charge is 0.268 e. The number of halogens is 1. The molecule has 0 saturated carbocycles. The van der Waals surface area contributed by atoms with Crippen molar-refractivity contribution >= 4 is 40.8 Å². The summed E-state index contributed by atoms with van der Waals surface area (Å²) in [5.41, 5.74) is 7.16. The van der Waals surface area contributed by atoms with Gasteiger partial charge < -0.3 is 0 Å². The van der Waals surface area contributed by atoms with Crippen LogP contribution in [0.25, 0.3) is 16.6 Å². The minimum atomic E-state index is -0.441. The first-order valence-electron chi connectivity index (χ1n) is 8.10. The van der Waals surface area contributed by atoms with Gasteiger partial charge >= 0.3 is 0 Å². The molecule has 1 aromatic heterocycles. The summed E-state index contributed by atoms with van der Waals surface area (Å²) < 4.78 is 0. The highest BCUT2D eigenvalue weighted by Crippen LogP contribution is 2.27. The fourth-order valence-corrected chi connectivity index (χ4v) is 3.37. The average Bonchev–Trinajstić information content (AvgIpc) is 3.08. The minimum absolute atomic E-state index is 0.402. The number of hydrazine groups is 1. The molecule has 2 amide bonds. The number of amides is 2. The van der Waals surface area contributed by atoms with Gasteiger partial charge in [0.25, 0.3) is 11.8 Å². The molecule has 0 aliphatic carbocycles. The van der Waals surface area contributed by atoms with Crippen molar-refractivity contribution in [3.05, 3.63) is 81.8 Å². The third-order valence-corrected chi connectivity index (χ3v) is 5.08. The van der Waals surface area contributed by atoms with E-state index in [1.54, 1.807) is 37.3 Å². The van der Waals surface area contributed by atoms with E-state index in [1.807, 2.05) is 30.3 Å². The Balaban J connectivity index is 1.60. The number of rotatable bonds is 4. The van der Waals surface area contributed by atoms with Gasteiger partial charge in [-0.3, -0.25) is 20.4 Å². The zero-order valence-corrected chi connectivity index (χ0v) is 16.0. The maximum absolute atomic E-state index is 12.3. The van der Waals surface area contributed by atoms with Crippen molar-refractivity contribution in [2.75, 3.05) is 0 Å². The third kappa shape index (κ3) is 5.03. The Hall–Kier alpha value is -2.96. The molecule has 0 aliphatic rings. The van der Waals surface area contributed by atoms with Crippen molar-refractivity contribution in [1.82, 2.24) is 15.8 Å². The van der Waals surface area contributed by atoms with Crippen LogP contribution in [-0.2, 0) is 4.79 Å². The van der Waals surface area contributed by atoms with E-state index >= 15 is 0 Å². The molecule has 1 heterocycles. The summed E-state index contributed by atoms with van der Waals surface area (Å²) in [7, 11) is 0. The molecule has 7 heteroatoms. The van der Waals surface area contributed by atoms with Crippen LogP contribution in [-0.4, -0.2) is 16.8 Å². The maximum atomic E-state index is 12.3. The summed E-state index contributed by atoms with van der Waals surface area (Å²) in [6.07, 6.45) is 2.96. The van der Waals surface area contributed by atoms with Gasteiger partial charge in [-0.05, 0) is 30.7 Å². The molecule has 0 fully saturated rings. The quantitative estimate of drug-likeness (QED) is 0.510. The summed E-state index contributed by atoms with van der Waals surface area (Å²) in [5, 5.41) is 1.38. The summed E-state index contributed by atoms with van der Waals surface area (Å²) in [6, 6.07) is 16.7. The number of nitrogens with one attached hydrogen (secondary N) is 2. The molecule has 0 bridgehead atoms. The summed E-state index contributed by atoms with van der Waals surface area (Å²) in [5.74, 6) is -0.843. The first kappa shape index (κ1) is 18.8. The lowest BCUT2D eigenvalue weighted by molar-refractivity contribution is -0.117. The van der Waals surface area contributed by atoms with Gasteiger partial charge in [0, 0.05) is 16.7 Å². The number of thiazole rings is 1. The normalized spacial score (nSPS) is 10.7. The molecule has 2 aromatic carbocycles. The number of hydrogen-bond donors (Lipinski definition) is 2. The van der Waals surface area contributed by atoms with Gasteiger partial charge in [-0.15, -0.1) is 11.3 Å². The van der Waals surface area contributed by atoms with Crippen LogP contribution in [0.3, 0.4) is 0 Å². The van der Waals surface area contributed by atoms with Gasteiger partial charge in [0.15, 0.2) is 0 Å². The molecule has 136 valence electrons. The predicted octanol–water partition coefficient (Wildman–Crippen LogP) is 4.25. The van der Waals surface area contributed by atoms with Crippen molar-refractivity contribution in [2.45, 2.75) is 6.92 Å². The second-order valence-corrected chi connectivity index (χ2v) is 7.06. The van der Waals surface area contributed by atoms with Crippen LogP contribution in [0.4, 0.5) is 0 Å². The fraction of sp³-hybridized carbons (Fsp3) is 0.0500. The summed E-state index contributed by atoms with van der Waals surface area (Å²) in [6.45, 7) is 1.76. The van der Waals surface area contributed by atoms with Crippen molar-refractivity contribution in [2.24, 2.45) is 0 Å². The Kier molecular flexibility index (Phi) is 6.01. The monoisotopic (exact) mass is 397 g/mol. The van der Waals surface area contributed by atoms with Gasteiger partial charge in [-0.1, -0.05) is 54.1 Å². The molecule has 0 radical (unpaired) electrons. The maximum Gasteiger partial charge on any atom is 0.281 e. The van der Waals surface area contributed by atoms with Crippen LogP contribution < -0.4 is 10.9 Å². The van der Waals surface area contributed by atoms with E-state index in [9.17, 15) is 9.59 Å². The molecule has 0 unspecified atom stereocenters. The molecular formula is C20H16ClN3O2S. The molecule has 3 aromatic rings. The van der Waals surface area contributed by atoms with Crippen molar-refractivity contribution < 1.29 is 9.59 Å². The molecule has 27 heavy (non-hydrogen) atoms. The second kappa shape index (κ2) is 8.62. The van der Waals surface area contributed by atoms with Crippen molar-refractivity contribution in [3.8, 4) is 10.6 Å². The topological polar surface area (TPSA) is 71.1 Å². The van der Waals surface area contributed by atoms with Gasteiger partial charge in [0.05, 0.1) is 5.69 Å². The number of carbonyl (C=O) groups is 2. The number of benzene rings is 2. The Morgan fingerprint density at radius 3 is 2.44 bits per heavy atom. The van der Waals surface area contributed by atoms with Gasteiger partial charge in [0.1, 0.15) is 9.88 Å². The van der Waals surface area contributed by atoms with Crippen molar-refractivity contribution in [1.29, 1.82) is 0 Å². The highest BCUT2D eigenvalue weighted by Gasteiger charge is 2.16. The summed E-state index contributed by atoms with van der Waals surface area (Å²) >= 11 is 7.09. The zero-order valence-electron chi connectivity index (χ0n) is 14.4. The third-order valence-electron chi connectivity index (χ3n) is 3.62. The van der Waals surface area contributed by atoms with Crippen LogP contribution in [0.2, 0.25) is 5.02 Å². The number of carbonyl (C=O) groups excluding carboxylic acids is 2. The lowest BCUT2D eigenvalue weighted by atomic mass is 10.2. The van der Waals surface area contributed by atoms with Crippen LogP contribution in [0, 0.1) is 6.92 Å². The SMILES string of the molecule is Cc1nc(-c2ccccc2)sc1C(=O)NNC(=O)/C=C/c1ccc(Cl)cc1. The highest BCUT2D eigenvalue weighted by atomic mass is 35.5. The average molecular weight is 398 g/mol. The highest BCUT2D eigenvalue weighted by molar-refractivity contribution is 7.17. The number of hydrogen-bond acceptors (Lipinski definition) is 4. The number of aryl methyl sites for hydroxylation is 1. The fourth-order valence-electron chi connectivity index (χ4n) is 2.27. The first-order valence-corrected chi connectivity index (χ1v) is 9.29. The predicted molar refractivity (Wildman–Crippen MR) is 108 cm³/mol. The van der Waals surface area contributed by atoms with Crippen LogP contribution in [0.15, 0.2) is 60.7 Å². The molecule has 0 atom stereocenters. The lowest BCUT2D eigenvalue weighted by Gasteiger charge is -2.03. The number of nitrogens with zero attached hydrogens (tertiary/aromatic N) is 1. The van der Waals surface area contributed by atoms with Crippen LogP contribution in [0.1, 0.15) is 20.9 Å². The Labute approximate surface area is 165 Å². The molecule has 5 nitrogen and oxygen atoms in total. The van der Waals surface area contributed by atoms with Gasteiger partial charge in [0.2, 0.25) is 0 Å². The Bertz CT molecular complexity index is 982. The van der Waals surface area contributed by atoms with E-state index in [0.29, 0.717) is 15.6 Å². The van der Waals surface area contributed by atoms with E-state index in [1.165, 1.54) is 17.4 Å². The standard InChI is InChI=1S/C20H16ClN3O2S/c1-13-18(27-20(22-13)15-5-3-2-4-6-15)19(26)24-23-17(25)12-9-14-7-10-16(21)11-8-14/h2-12H,1H3,(H,23,25)(H,24,26)/b12-9+. The van der Waals surface area contributed by atoms with E-state index in [-0.39, 0.29) is 0 Å². The molecule has 0 saturated heterocycles. The molecule has 3 rings (SSSR count). The van der Waals surface area contributed by atoms with E-state index in [2.05, 4.69) is 15.8 Å². The second-order valence-electron chi connectivity index (χ2n) is 5.63. The summed E-state index contributed by atoms with van der Waals surface area (Å²) in [4.78, 5) is 29.1. The molecule has 0 spiro atoms. The van der Waals surface area contributed by atoms with Gasteiger partial charge in [-0.25, -0.2) is 4.98 Å². The largest absolute Gasteiger partial charge is 0.281 e. The van der Waals surface area contributed by atoms with Gasteiger partial charge in [-0.2, -0.15) is 0 Å². The van der Waals surface area contributed by atoms with Crippen LogP contribution >= 0.6 is 22.9 Å². The van der Waals surface area contributed by atoms with Crippen LogP contribution in [0.5, 0.6) is 0 Å². The van der Waals surface area contributed by atoms with Crippen molar-refractivity contribution in [3.63, 3.8) is 0 Å². The first-order chi connectivity index (χ1) is 13.0.